The lowest BCUT2D eigenvalue weighted by atomic mass is 9.96. The molecule has 2 nitrogen and oxygen atoms in total. The molecular weight excluding hydrogens is 228 g/mol. The molecular formula is C14H24N2S. The van der Waals surface area contributed by atoms with E-state index < -0.39 is 0 Å². The van der Waals surface area contributed by atoms with E-state index in [1.54, 1.807) is 0 Å². The van der Waals surface area contributed by atoms with Gasteiger partial charge in [-0.05, 0) is 31.4 Å². The maximum atomic E-state index is 9.23. The van der Waals surface area contributed by atoms with Crippen LogP contribution in [0.4, 0.5) is 0 Å². The van der Waals surface area contributed by atoms with Gasteiger partial charge in [0.1, 0.15) is 0 Å². The Balaban J connectivity index is 1.77. The third-order valence-corrected chi connectivity index (χ3v) is 5.46. The summed E-state index contributed by atoms with van der Waals surface area (Å²) in [5, 5.41) is 13.7. The van der Waals surface area contributed by atoms with Crippen molar-refractivity contribution in [1.29, 1.82) is 5.26 Å². The van der Waals surface area contributed by atoms with Gasteiger partial charge < -0.3 is 5.32 Å². The van der Waals surface area contributed by atoms with Gasteiger partial charge in [-0.1, -0.05) is 25.7 Å². The van der Waals surface area contributed by atoms with Gasteiger partial charge in [0.15, 0.2) is 0 Å². The van der Waals surface area contributed by atoms with Gasteiger partial charge in [-0.2, -0.15) is 17.0 Å². The first-order valence-corrected chi connectivity index (χ1v) is 8.19. The molecule has 1 saturated heterocycles. The van der Waals surface area contributed by atoms with Crippen molar-refractivity contribution < 1.29 is 0 Å². The molecule has 17 heavy (non-hydrogen) atoms. The van der Waals surface area contributed by atoms with Crippen LogP contribution in [0.2, 0.25) is 0 Å². The highest BCUT2D eigenvalue weighted by atomic mass is 32.2. The molecule has 3 atom stereocenters. The summed E-state index contributed by atoms with van der Waals surface area (Å²) in [4.78, 5) is 0. The fourth-order valence-electron chi connectivity index (χ4n) is 2.96. The van der Waals surface area contributed by atoms with Crippen molar-refractivity contribution in [3.8, 4) is 6.07 Å². The lowest BCUT2D eigenvalue weighted by molar-refractivity contribution is 0.391. The Morgan fingerprint density at radius 3 is 2.65 bits per heavy atom. The van der Waals surface area contributed by atoms with E-state index in [0.29, 0.717) is 6.04 Å². The van der Waals surface area contributed by atoms with Gasteiger partial charge in [-0.15, -0.1) is 0 Å². The van der Waals surface area contributed by atoms with E-state index in [9.17, 15) is 5.26 Å². The number of hydrogen-bond donors (Lipinski definition) is 1. The minimum absolute atomic E-state index is 0.256. The van der Waals surface area contributed by atoms with Gasteiger partial charge in [-0.3, -0.25) is 0 Å². The second-order valence-electron chi connectivity index (χ2n) is 5.38. The van der Waals surface area contributed by atoms with Crippen LogP contribution in [0.5, 0.6) is 0 Å². The second-order valence-corrected chi connectivity index (χ2v) is 6.79. The molecule has 3 unspecified atom stereocenters. The molecule has 0 bridgehead atoms. The first-order chi connectivity index (χ1) is 8.40. The van der Waals surface area contributed by atoms with E-state index in [-0.39, 0.29) is 5.92 Å². The van der Waals surface area contributed by atoms with Crippen molar-refractivity contribution in [2.75, 3.05) is 12.3 Å². The van der Waals surface area contributed by atoms with Gasteiger partial charge in [0, 0.05) is 17.8 Å². The van der Waals surface area contributed by atoms with Crippen LogP contribution in [0.25, 0.3) is 0 Å². The van der Waals surface area contributed by atoms with E-state index in [1.165, 1.54) is 50.7 Å². The fraction of sp³-hybridized carbons (Fsp3) is 0.929. The molecule has 0 spiro atoms. The maximum Gasteiger partial charge on any atom is 0.0672 e. The average Bonchev–Trinajstić information content (AvgIpc) is 2.62. The summed E-state index contributed by atoms with van der Waals surface area (Å²) in [6.07, 6.45) is 10.3. The third-order valence-electron chi connectivity index (χ3n) is 4.06. The van der Waals surface area contributed by atoms with Crippen LogP contribution in [0.3, 0.4) is 0 Å². The Bertz CT molecular complexity index is 255. The quantitative estimate of drug-likeness (QED) is 0.783. The first-order valence-electron chi connectivity index (χ1n) is 7.15. The Labute approximate surface area is 110 Å². The van der Waals surface area contributed by atoms with Crippen molar-refractivity contribution >= 4 is 11.8 Å². The molecule has 1 aliphatic carbocycles. The molecule has 96 valence electrons. The summed E-state index contributed by atoms with van der Waals surface area (Å²) < 4.78 is 0. The van der Waals surface area contributed by atoms with Crippen molar-refractivity contribution in [3.63, 3.8) is 0 Å². The van der Waals surface area contributed by atoms with E-state index in [2.05, 4.69) is 23.1 Å². The van der Waals surface area contributed by atoms with Gasteiger partial charge in [-0.25, -0.2) is 0 Å². The monoisotopic (exact) mass is 252 g/mol. The van der Waals surface area contributed by atoms with Crippen molar-refractivity contribution in [1.82, 2.24) is 5.32 Å². The third kappa shape index (κ3) is 4.19. The zero-order valence-electron chi connectivity index (χ0n) is 10.7. The number of thioether (sulfide) groups is 1. The largest absolute Gasteiger partial charge is 0.312 e. The lowest BCUT2D eigenvalue weighted by Gasteiger charge is -2.26. The number of nitrogens with one attached hydrogen (secondary N) is 1. The highest BCUT2D eigenvalue weighted by molar-refractivity contribution is 7.99. The SMILES string of the molecule is N#CC1CCCCCC1NCC1CCCCS1. The fourth-order valence-corrected chi connectivity index (χ4v) is 4.21. The standard InChI is InChI=1S/C14H24N2S/c15-10-12-6-2-1-3-8-14(12)16-11-13-7-4-5-9-17-13/h12-14,16H,1-9,11H2. The molecule has 0 aromatic carbocycles. The van der Waals surface area contributed by atoms with Crippen LogP contribution in [-0.2, 0) is 0 Å². The number of rotatable bonds is 3. The zero-order valence-corrected chi connectivity index (χ0v) is 11.5. The minimum Gasteiger partial charge on any atom is -0.312 e. The van der Waals surface area contributed by atoms with Gasteiger partial charge in [0.25, 0.3) is 0 Å². The highest BCUT2D eigenvalue weighted by Crippen LogP contribution is 2.26. The number of nitriles is 1. The van der Waals surface area contributed by atoms with E-state index >= 15 is 0 Å². The number of nitrogens with zero attached hydrogens (tertiary/aromatic N) is 1. The van der Waals surface area contributed by atoms with Crippen LogP contribution >= 0.6 is 11.8 Å². The summed E-state index contributed by atoms with van der Waals surface area (Å²) >= 11 is 2.12. The topological polar surface area (TPSA) is 35.8 Å². The molecule has 3 heteroatoms. The summed E-state index contributed by atoms with van der Waals surface area (Å²) in [5.74, 6) is 1.59. The molecule has 2 rings (SSSR count). The molecule has 0 radical (unpaired) electrons. The molecule has 0 amide bonds. The Morgan fingerprint density at radius 2 is 1.88 bits per heavy atom. The summed E-state index contributed by atoms with van der Waals surface area (Å²) in [6, 6.07) is 2.98. The van der Waals surface area contributed by atoms with Gasteiger partial charge in [0.05, 0.1) is 12.0 Å². The molecule has 0 aromatic heterocycles. The smallest absolute Gasteiger partial charge is 0.0672 e. The summed E-state index contributed by atoms with van der Waals surface area (Å²) in [7, 11) is 0. The van der Waals surface area contributed by atoms with Crippen molar-refractivity contribution in [2.45, 2.75) is 62.7 Å². The first kappa shape index (κ1) is 13.2. The summed E-state index contributed by atoms with van der Waals surface area (Å²) in [6.45, 7) is 1.12. The predicted molar refractivity (Wildman–Crippen MR) is 74.1 cm³/mol. The molecule has 0 aromatic rings. The number of hydrogen-bond acceptors (Lipinski definition) is 3. The van der Waals surface area contributed by atoms with Crippen molar-refractivity contribution in [2.24, 2.45) is 5.92 Å². The van der Waals surface area contributed by atoms with Crippen molar-refractivity contribution in [3.05, 3.63) is 0 Å². The lowest BCUT2D eigenvalue weighted by Crippen LogP contribution is -2.39. The normalized spacial score (nSPS) is 34.9. The maximum absolute atomic E-state index is 9.23. The predicted octanol–water partition coefficient (Wildman–Crippen LogP) is 3.33. The highest BCUT2D eigenvalue weighted by Gasteiger charge is 2.24. The van der Waals surface area contributed by atoms with E-state index in [4.69, 9.17) is 0 Å². The molecule has 1 saturated carbocycles. The van der Waals surface area contributed by atoms with Crippen LogP contribution in [0.15, 0.2) is 0 Å². The van der Waals surface area contributed by atoms with E-state index in [1.807, 2.05) is 0 Å². The molecule has 1 aliphatic heterocycles. The van der Waals surface area contributed by atoms with Crippen LogP contribution in [0, 0.1) is 17.2 Å². The zero-order chi connectivity index (χ0) is 11.9. The summed E-state index contributed by atoms with van der Waals surface area (Å²) in [5.41, 5.74) is 0. The van der Waals surface area contributed by atoms with Crippen LogP contribution in [0.1, 0.15) is 51.4 Å². The van der Waals surface area contributed by atoms with Crippen LogP contribution in [-0.4, -0.2) is 23.6 Å². The molecule has 2 aliphatic rings. The van der Waals surface area contributed by atoms with Gasteiger partial charge in [0.2, 0.25) is 0 Å². The van der Waals surface area contributed by atoms with Crippen LogP contribution < -0.4 is 5.32 Å². The second kappa shape index (κ2) is 7.28. The van der Waals surface area contributed by atoms with Gasteiger partial charge >= 0.3 is 0 Å². The Hall–Kier alpha value is -0.200. The Kier molecular flexibility index (Phi) is 5.67. The Morgan fingerprint density at radius 1 is 1.06 bits per heavy atom. The van der Waals surface area contributed by atoms with E-state index in [0.717, 1.165) is 18.2 Å². The molecule has 1 N–H and O–H groups in total. The molecule has 1 heterocycles. The average molecular weight is 252 g/mol. The minimum atomic E-state index is 0.256. The molecule has 2 fully saturated rings.